The van der Waals surface area contributed by atoms with Crippen LogP contribution in [0, 0.1) is 0 Å². The van der Waals surface area contributed by atoms with Crippen molar-refractivity contribution in [2.24, 2.45) is 5.73 Å². The number of ketones is 1. The second kappa shape index (κ2) is 5.27. The molecule has 0 amide bonds. The maximum atomic E-state index is 11.8. The molecule has 1 rings (SSSR count). The highest BCUT2D eigenvalue weighted by atomic mass is 32.2. The van der Waals surface area contributed by atoms with Gasteiger partial charge in [0.25, 0.3) is 0 Å². The predicted molar refractivity (Wildman–Crippen MR) is 64.0 cm³/mol. The summed E-state index contributed by atoms with van der Waals surface area (Å²) in [6, 6.07) is 0. The van der Waals surface area contributed by atoms with Gasteiger partial charge in [-0.1, -0.05) is 19.8 Å². The van der Waals surface area contributed by atoms with Crippen molar-refractivity contribution in [1.29, 1.82) is 0 Å². The Morgan fingerprint density at radius 1 is 1.25 bits per heavy atom. The summed E-state index contributed by atoms with van der Waals surface area (Å²) in [4.78, 5) is 11.8. The maximum Gasteiger partial charge on any atom is 0.153 e. The Hall–Kier alpha value is -0.420. The number of Topliss-reactive ketones (excluding diaryl/α,β-unsaturated/α-hetero) is 1. The van der Waals surface area contributed by atoms with Crippen LogP contribution < -0.4 is 5.73 Å². The number of hydrogen-bond donors (Lipinski definition) is 1. The molecule has 0 spiro atoms. The van der Waals surface area contributed by atoms with E-state index in [1.807, 2.05) is 6.92 Å². The lowest BCUT2D eigenvalue weighted by Gasteiger charge is -2.21. The van der Waals surface area contributed by atoms with Crippen LogP contribution in [-0.2, 0) is 14.6 Å². The van der Waals surface area contributed by atoms with Crippen LogP contribution in [0.4, 0.5) is 0 Å². The number of nitrogens with two attached hydrogens (primary N) is 1. The van der Waals surface area contributed by atoms with Crippen LogP contribution in [-0.4, -0.2) is 31.2 Å². The van der Waals surface area contributed by atoms with Crippen molar-refractivity contribution in [1.82, 2.24) is 0 Å². The molecule has 1 aliphatic rings. The topological polar surface area (TPSA) is 77.2 Å². The second-order valence-corrected chi connectivity index (χ2v) is 6.99. The molecular weight excluding hydrogens is 226 g/mol. The molecule has 1 saturated carbocycles. The highest BCUT2D eigenvalue weighted by Crippen LogP contribution is 2.28. The quantitative estimate of drug-likeness (QED) is 0.761. The zero-order valence-electron chi connectivity index (χ0n) is 9.87. The first kappa shape index (κ1) is 13.6. The van der Waals surface area contributed by atoms with Gasteiger partial charge in [0.05, 0.1) is 11.3 Å². The van der Waals surface area contributed by atoms with Crippen molar-refractivity contribution in [3.63, 3.8) is 0 Å². The molecule has 0 atom stereocenters. The van der Waals surface area contributed by atoms with Gasteiger partial charge in [0, 0.05) is 12.2 Å². The van der Waals surface area contributed by atoms with Gasteiger partial charge in [-0.05, 0) is 19.3 Å². The largest absolute Gasteiger partial charge is 0.319 e. The SMILES string of the molecule is CCCS(=O)(=O)CCC(=O)C1(N)CCCC1. The number of sulfone groups is 1. The molecule has 0 aromatic rings. The van der Waals surface area contributed by atoms with Crippen LogP contribution in [0.15, 0.2) is 0 Å². The molecule has 1 fully saturated rings. The highest BCUT2D eigenvalue weighted by Gasteiger charge is 2.36. The van der Waals surface area contributed by atoms with E-state index < -0.39 is 15.4 Å². The van der Waals surface area contributed by atoms with Crippen molar-refractivity contribution in [2.75, 3.05) is 11.5 Å². The normalized spacial score (nSPS) is 19.9. The smallest absolute Gasteiger partial charge is 0.153 e. The Kier molecular flexibility index (Phi) is 4.50. The van der Waals surface area contributed by atoms with E-state index in [4.69, 9.17) is 5.73 Å². The van der Waals surface area contributed by atoms with Crippen molar-refractivity contribution < 1.29 is 13.2 Å². The molecule has 0 aromatic carbocycles. The van der Waals surface area contributed by atoms with E-state index in [-0.39, 0.29) is 23.7 Å². The fourth-order valence-corrected chi connectivity index (χ4v) is 3.52. The summed E-state index contributed by atoms with van der Waals surface area (Å²) >= 11 is 0. The van der Waals surface area contributed by atoms with E-state index in [1.54, 1.807) is 0 Å². The fraction of sp³-hybridized carbons (Fsp3) is 0.909. The Morgan fingerprint density at radius 3 is 2.31 bits per heavy atom. The second-order valence-electron chi connectivity index (χ2n) is 4.69. The standard InChI is InChI=1S/C11H21NO3S/c1-2-8-16(14,15)9-5-10(13)11(12)6-3-4-7-11/h2-9,12H2,1H3. The molecule has 0 heterocycles. The van der Waals surface area contributed by atoms with Crippen LogP contribution in [0.1, 0.15) is 45.4 Å². The van der Waals surface area contributed by atoms with Crippen molar-refractivity contribution >= 4 is 15.6 Å². The van der Waals surface area contributed by atoms with Crippen molar-refractivity contribution in [3.8, 4) is 0 Å². The Bertz CT molecular complexity index is 342. The molecule has 2 N–H and O–H groups in total. The molecule has 16 heavy (non-hydrogen) atoms. The zero-order valence-corrected chi connectivity index (χ0v) is 10.7. The number of hydrogen-bond acceptors (Lipinski definition) is 4. The molecule has 0 bridgehead atoms. The molecule has 0 saturated heterocycles. The third-order valence-electron chi connectivity index (χ3n) is 3.21. The summed E-state index contributed by atoms with van der Waals surface area (Å²) in [6.07, 6.45) is 4.05. The number of carbonyl (C=O) groups excluding carboxylic acids is 1. The third kappa shape index (κ3) is 3.56. The molecule has 1 aliphatic carbocycles. The highest BCUT2D eigenvalue weighted by molar-refractivity contribution is 7.91. The van der Waals surface area contributed by atoms with Gasteiger partial charge in [-0.2, -0.15) is 0 Å². The van der Waals surface area contributed by atoms with Gasteiger partial charge in [0.1, 0.15) is 0 Å². The number of rotatable bonds is 6. The van der Waals surface area contributed by atoms with Crippen LogP contribution in [0.5, 0.6) is 0 Å². The first-order valence-electron chi connectivity index (χ1n) is 5.92. The van der Waals surface area contributed by atoms with Crippen LogP contribution in [0.25, 0.3) is 0 Å². The first-order chi connectivity index (χ1) is 7.40. The molecule has 4 nitrogen and oxygen atoms in total. The van der Waals surface area contributed by atoms with Crippen molar-refractivity contribution in [3.05, 3.63) is 0 Å². The summed E-state index contributed by atoms with van der Waals surface area (Å²) in [6.45, 7) is 1.82. The van der Waals surface area contributed by atoms with Gasteiger partial charge in [0.15, 0.2) is 15.6 Å². The Balaban J connectivity index is 2.47. The molecule has 0 unspecified atom stereocenters. The minimum Gasteiger partial charge on any atom is -0.319 e. The van der Waals surface area contributed by atoms with Gasteiger partial charge in [-0.3, -0.25) is 4.79 Å². The maximum absolute atomic E-state index is 11.8. The molecule has 0 aliphatic heterocycles. The molecule has 0 radical (unpaired) electrons. The molecule has 94 valence electrons. The van der Waals surface area contributed by atoms with E-state index in [0.717, 1.165) is 12.8 Å². The lowest BCUT2D eigenvalue weighted by molar-refractivity contribution is -0.123. The zero-order chi connectivity index (χ0) is 12.2. The number of carbonyl (C=O) groups is 1. The minimum absolute atomic E-state index is 0.0430. The Labute approximate surface area is 97.5 Å². The van der Waals surface area contributed by atoms with E-state index in [1.165, 1.54) is 0 Å². The van der Waals surface area contributed by atoms with E-state index in [9.17, 15) is 13.2 Å². The van der Waals surface area contributed by atoms with Crippen LogP contribution in [0.2, 0.25) is 0 Å². The predicted octanol–water partition coefficient (Wildman–Crippen LogP) is 1.04. The van der Waals surface area contributed by atoms with Gasteiger partial charge in [0.2, 0.25) is 0 Å². The monoisotopic (exact) mass is 247 g/mol. The van der Waals surface area contributed by atoms with Gasteiger partial charge in [-0.15, -0.1) is 0 Å². The lowest BCUT2D eigenvalue weighted by Crippen LogP contribution is -2.45. The van der Waals surface area contributed by atoms with Gasteiger partial charge >= 0.3 is 0 Å². The Morgan fingerprint density at radius 2 is 1.81 bits per heavy atom. The summed E-state index contributed by atoms with van der Waals surface area (Å²) in [5, 5.41) is 0. The molecular formula is C11H21NO3S. The summed E-state index contributed by atoms with van der Waals surface area (Å²) in [5.74, 6) is 0.0425. The third-order valence-corrected chi connectivity index (χ3v) is 5.06. The van der Waals surface area contributed by atoms with Gasteiger partial charge < -0.3 is 5.73 Å². The summed E-state index contributed by atoms with van der Waals surface area (Å²) in [7, 11) is -3.06. The summed E-state index contributed by atoms with van der Waals surface area (Å²) < 4.78 is 22.9. The fourth-order valence-electron chi connectivity index (χ4n) is 2.19. The molecule has 0 aromatic heterocycles. The average Bonchev–Trinajstić information content (AvgIpc) is 2.63. The summed E-state index contributed by atoms with van der Waals surface area (Å²) in [5.41, 5.74) is 5.23. The minimum atomic E-state index is -3.06. The average molecular weight is 247 g/mol. The van der Waals surface area contributed by atoms with Crippen LogP contribution in [0.3, 0.4) is 0 Å². The van der Waals surface area contributed by atoms with Gasteiger partial charge in [-0.25, -0.2) is 8.42 Å². The van der Waals surface area contributed by atoms with E-state index in [0.29, 0.717) is 19.3 Å². The van der Waals surface area contributed by atoms with E-state index >= 15 is 0 Å². The van der Waals surface area contributed by atoms with Crippen molar-refractivity contribution in [2.45, 2.75) is 51.0 Å². The first-order valence-corrected chi connectivity index (χ1v) is 7.74. The lowest BCUT2D eigenvalue weighted by atomic mass is 9.92. The molecule has 5 heteroatoms. The van der Waals surface area contributed by atoms with E-state index in [2.05, 4.69) is 0 Å². The van der Waals surface area contributed by atoms with Crippen LogP contribution >= 0.6 is 0 Å².